The zero-order chi connectivity index (χ0) is 13.1. The Labute approximate surface area is 117 Å². The van der Waals surface area contributed by atoms with Crippen molar-refractivity contribution in [3.63, 3.8) is 0 Å². The predicted molar refractivity (Wildman–Crippen MR) is 73.0 cm³/mol. The maximum atomic E-state index is 12.0. The van der Waals surface area contributed by atoms with E-state index in [1.165, 1.54) is 11.8 Å². The molecule has 0 unspecified atom stereocenters. The predicted octanol–water partition coefficient (Wildman–Crippen LogP) is 2.78. The van der Waals surface area contributed by atoms with Crippen LogP contribution in [0.3, 0.4) is 0 Å². The van der Waals surface area contributed by atoms with E-state index in [-0.39, 0.29) is 5.97 Å². The molecule has 0 saturated heterocycles. The average Bonchev–Trinajstić information content (AvgIpc) is 2.70. The molecule has 0 aliphatic carbocycles. The number of aromatic nitrogens is 3. The zero-order valence-corrected chi connectivity index (χ0v) is 12.4. The van der Waals surface area contributed by atoms with Gasteiger partial charge in [-0.2, -0.15) is 5.10 Å². The Hall–Kier alpha value is -1.08. The van der Waals surface area contributed by atoms with E-state index >= 15 is 0 Å². The SMILES string of the molecule is CCOC(=O)c1c(SCC)nn2c(Br)ccnc12. The van der Waals surface area contributed by atoms with Gasteiger partial charge in [0.2, 0.25) is 0 Å². The van der Waals surface area contributed by atoms with Crippen molar-refractivity contribution in [2.24, 2.45) is 0 Å². The topological polar surface area (TPSA) is 56.5 Å². The number of carbonyl (C=O) groups excluding carboxylic acids is 1. The Bertz CT molecular complexity index is 585. The molecule has 2 rings (SSSR count). The van der Waals surface area contributed by atoms with E-state index in [4.69, 9.17) is 4.74 Å². The summed E-state index contributed by atoms with van der Waals surface area (Å²) in [7, 11) is 0. The highest BCUT2D eigenvalue weighted by Gasteiger charge is 2.22. The molecule has 0 aliphatic heterocycles. The second-order valence-electron chi connectivity index (χ2n) is 3.34. The summed E-state index contributed by atoms with van der Waals surface area (Å²) in [5.74, 6) is 0.447. The van der Waals surface area contributed by atoms with Crippen LogP contribution in [0.2, 0.25) is 0 Å². The molecule has 0 radical (unpaired) electrons. The molecule has 0 spiro atoms. The highest BCUT2D eigenvalue weighted by Crippen LogP contribution is 2.26. The Balaban J connectivity index is 2.62. The molecule has 0 saturated carbocycles. The van der Waals surface area contributed by atoms with Gasteiger partial charge in [-0.3, -0.25) is 0 Å². The van der Waals surface area contributed by atoms with Crippen LogP contribution in [0.4, 0.5) is 0 Å². The van der Waals surface area contributed by atoms with Crippen LogP contribution in [0.25, 0.3) is 5.65 Å². The van der Waals surface area contributed by atoms with Crippen LogP contribution in [0, 0.1) is 0 Å². The van der Waals surface area contributed by atoms with E-state index in [0.717, 1.165) is 10.4 Å². The zero-order valence-electron chi connectivity index (χ0n) is 10.0. The quantitative estimate of drug-likeness (QED) is 0.490. The molecule has 7 heteroatoms. The molecule has 2 aromatic rings. The number of esters is 1. The summed E-state index contributed by atoms with van der Waals surface area (Å²) in [5.41, 5.74) is 0.948. The Morgan fingerprint density at radius 2 is 2.33 bits per heavy atom. The number of fused-ring (bicyclic) bond motifs is 1. The summed E-state index contributed by atoms with van der Waals surface area (Å²) in [6.45, 7) is 4.12. The summed E-state index contributed by atoms with van der Waals surface area (Å²) >= 11 is 4.88. The van der Waals surface area contributed by atoms with Crippen LogP contribution < -0.4 is 0 Å². The normalized spacial score (nSPS) is 10.8. The summed E-state index contributed by atoms with van der Waals surface area (Å²) in [6, 6.07) is 1.77. The fraction of sp³-hybridized carbons (Fsp3) is 0.364. The van der Waals surface area contributed by atoms with Crippen LogP contribution >= 0.6 is 27.7 Å². The Morgan fingerprint density at radius 3 is 3.00 bits per heavy atom. The molecule has 5 nitrogen and oxygen atoms in total. The lowest BCUT2D eigenvalue weighted by atomic mass is 10.3. The molecule has 0 N–H and O–H groups in total. The number of halogens is 1. The van der Waals surface area contributed by atoms with E-state index in [0.29, 0.717) is 22.8 Å². The third-order valence-electron chi connectivity index (χ3n) is 2.20. The summed E-state index contributed by atoms with van der Waals surface area (Å²) in [4.78, 5) is 16.2. The molecule has 0 atom stereocenters. The van der Waals surface area contributed by atoms with Crippen LogP contribution in [0.15, 0.2) is 21.9 Å². The van der Waals surface area contributed by atoms with E-state index in [1.54, 1.807) is 23.7 Å². The van der Waals surface area contributed by atoms with Gasteiger partial charge < -0.3 is 4.74 Å². The van der Waals surface area contributed by atoms with Crippen molar-refractivity contribution in [1.29, 1.82) is 0 Å². The minimum atomic E-state index is -0.381. The van der Waals surface area contributed by atoms with Gasteiger partial charge in [0.15, 0.2) is 5.65 Å². The van der Waals surface area contributed by atoms with E-state index < -0.39 is 0 Å². The molecule has 2 heterocycles. The highest BCUT2D eigenvalue weighted by molar-refractivity contribution is 9.10. The largest absolute Gasteiger partial charge is 0.462 e. The smallest absolute Gasteiger partial charge is 0.344 e. The third kappa shape index (κ3) is 2.37. The third-order valence-corrected chi connectivity index (χ3v) is 3.65. The molecule has 0 fully saturated rings. The molecule has 18 heavy (non-hydrogen) atoms. The summed E-state index contributed by atoms with van der Waals surface area (Å²) in [5, 5.41) is 5.02. The second-order valence-corrected chi connectivity index (χ2v) is 5.40. The Morgan fingerprint density at radius 1 is 1.56 bits per heavy atom. The van der Waals surface area contributed by atoms with Crippen molar-refractivity contribution >= 4 is 39.3 Å². The first-order chi connectivity index (χ1) is 8.69. The van der Waals surface area contributed by atoms with Crippen LogP contribution in [-0.4, -0.2) is 32.9 Å². The monoisotopic (exact) mass is 329 g/mol. The van der Waals surface area contributed by atoms with Crippen molar-refractivity contribution in [1.82, 2.24) is 14.6 Å². The van der Waals surface area contributed by atoms with Crippen LogP contribution in [-0.2, 0) is 4.74 Å². The first-order valence-electron chi connectivity index (χ1n) is 5.52. The molecular weight excluding hydrogens is 318 g/mol. The number of nitrogens with zero attached hydrogens (tertiary/aromatic N) is 3. The van der Waals surface area contributed by atoms with E-state index in [1.807, 2.05) is 6.92 Å². The van der Waals surface area contributed by atoms with Gasteiger partial charge in [-0.15, -0.1) is 11.8 Å². The Kier molecular flexibility index (Phi) is 4.23. The number of rotatable bonds is 4. The van der Waals surface area contributed by atoms with Gasteiger partial charge in [0.1, 0.15) is 15.2 Å². The number of hydrogen-bond donors (Lipinski definition) is 0. The lowest BCUT2D eigenvalue weighted by Crippen LogP contribution is -2.06. The molecule has 2 aromatic heterocycles. The summed E-state index contributed by atoms with van der Waals surface area (Å²) < 4.78 is 7.41. The van der Waals surface area contributed by atoms with E-state index in [2.05, 4.69) is 26.0 Å². The van der Waals surface area contributed by atoms with E-state index in [9.17, 15) is 4.79 Å². The number of carbonyl (C=O) groups is 1. The highest BCUT2D eigenvalue weighted by atomic mass is 79.9. The van der Waals surface area contributed by atoms with Gasteiger partial charge in [-0.25, -0.2) is 14.3 Å². The van der Waals surface area contributed by atoms with Crippen molar-refractivity contribution < 1.29 is 9.53 Å². The van der Waals surface area contributed by atoms with Crippen LogP contribution in [0.1, 0.15) is 24.2 Å². The number of ether oxygens (including phenoxy) is 1. The fourth-order valence-corrected chi connectivity index (χ4v) is 2.61. The van der Waals surface area contributed by atoms with Crippen molar-refractivity contribution in [2.45, 2.75) is 18.9 Å². The fourth-order valence-electron chi connectivity index (χ4n) is 1.52. The lowest BCUT2D eigenvalue weighted by Gasteiger charge is -2.01. The first-order valence-corrected chi connectivity index (χ1v) is 7.30. The van der Waals surface area contributed by atoms with Crippen LogP contribution in [0.5, 0.6) is 0 Å². The lowest BCUT2D eigenvalue weighted by molar-refractivity contribution is 0.0524. The van der Waals surface area contributed by atoms with Gasteiger partial charge in [-0.1, -0.05) is 6.92 Å². The van der Waals surface area contributed by atoms with Gasteiger partial charge in [0.25, 0.3) is 0 Å². The molecular formula is C11H12BrN3O2S. The maximum absolute atomic E-state index is 12.0. The van der Waals surface area contributed by atoms with Crippen molar-refractivity contribution in [3.8, 4) is 0 Å². The van der Waals surface area contributed by atoms with Gasteiger partial charge in [0.05, 0.1) is 6.61 Å². The standard InChI is InChI=1S/C11H12BrN3O2S/c1-3-17-11(16)8-9-13-6-5-7(12)15(9)14-10(8)18-4-2/h5-6H,3-4H2,1-2H3. The molecule has 0 aromatic carbocycles. The first kappa shape index (κ1) is 13.4. The molecule has 0 amide bonds. The van der Waals surface area contributed by atoms with Gasteiger partial charge in [-0.05, 0) is 34.7 Å². The number of thioether (sulfide) groups is 1. The molecule has 0 bridgehead atoms. The summed E-state index contributed by atoms with van der Waals surface area (Å²) in [6.07, 6.45) is 1.63. The van der Waals surface area contributed by atoms with Gasteiger partial charge >= 0.3 is 5.97 Å². The minimum Gasteiger partial charge on any atom is -0.462 e. The molecule has 0 aliphatic rings. The van der Waals surface area contributed by atoms with Gasteiger partial charge in [0, 0.05) is 6.20 Å². The maximum Gasteiger partial charge on any atom is 0.344 e. The van der Waals surface area contributed by atoms with Crippen molar-refractivity contribution in [3.05, 3.63) is 22.4 Å². The minimum absolute atomic E-state index is 0.334. The molecule has 96 valence electrons. The average molecular weight is 330 g/mol. The van der Waals surface area contributed by atoms with Crippen molar-refractivity contribution in [2.75, 3.05) is 12.4 Å². The second kappa shape index (κ2) is 5.71. The number of hydrogen-bond acceptors (Lipinski definition) is 5.